The average Bonchev–Trinajstić information content (AvgIpc) is 1.84. The maximum absolute atomic E-state index is 10.8. The lowest BCUT2D eigenvalue weighted by Crippen LogP contribution is -2.05. The van der Waals surface area contributed by atoms with Crippen LogP contribution in [0.4, 0.5) is 0 Å². The molecule has 0 saturated carbocycles. The Bertz CT molecular complexity index is 215. The first-order valence-electron chi connectivity index (χ1n) is 3.58. The minimum absolute atomic E-state index is 0.0822. The van der Waals surface area contributed by atoms with E-state index in [1.54, 1.807) is 13.8 Å². The first-order valence-corrected chi connectivity index (χ1v) is 3.58. The Hall–Kier alpha value is -1.32. The SMILES string of the molecule is CC(C)/C(O)=C/C(=O)CC(=O)O. The molecule has 0 spiro atoms. The molecule has 0 aromatic carbocycles. The molecule has 4 heteroatoms. The molecule has 0 aliphatic carbocycles. The fraction of sp³-hybridized carbons (Fsp3) is 0.500. The molecule has 4 nitrogen and oxygen atoms in total. The van der Waals surface area contributed by atoms with Gasteiger partial charge in [-0.05, 0) is 0 Å². The van der Waals surface area contributed by atoms with Crippen molar-refractivity contribution >= 4 is 11.8 Å². The Morgan fingerprint density at radius 2 is 1.83 bits per heavy atom. The summed E-state index contributed by atoms with van der Waals surface area (Å²) < 4.78 is 0. The summed E-state index contributed by atoms with van der Waals surface area (Å²) in [7, 11) is 0. The Morgan fingerprint density at radius 1 is 1.33 bits per heavy atom. The third-order valence-electron chi connectivity index (χ3n) is 1.23. The molecule has 0 amide bonds. The normalized spacial score (nSPS) is 11.8. The van der Waals surface area contributed by atoms with Crippen molar-refractivity contribution in [3.05, 3.63) is 11.8 Å². The molecule has 0 bridgehead atoms. The van der Waals surface area contributed by atoms with Crippen LogP contribution in [0.1, 0.15) is 20.3 Å². The molecule has 0 heterocycles. The second-order valence-electron chi connectivity index (χ2n) is 2.76. The van der Waals surface area contributed by atoms with Crippen LogP contribution >= 0.6 is 0 Å². The van der Waals surface area contributed by atoms with Crippen molar-refractivity contribution in [2.75, 3.05) is 0 Å². The van der Waals surface area contributed by atoms with Crippen molar-refractivity contribution in [1.82, 2.24) is 0 Å². The van der Waals surface area contributed by atoms with E-state index in [2.05, 4.69) is 0 Å². The topological polar surface area (TPSA) is 74.6 Å². The minimum Gasteiger partial charge on any atom is -0.512 e. The quantitative estimate of drug-likeness (QED) is 0.378. The largest absolute Gasteiger partial charge is 0.512 e. The summed E-state index contributed by atoms with van der Waals surface area (Å²) in [6.45, 7) is 3.42. The van der Waals surface area contributed by atoms with Gasteiger partial charge in [0.25, 0.3) is 0 Å². The van der Waals surface area contributed by atoms with Crippen LogP contribution in [0, 0.1) is 5.92 Å². The zero-order valence-electron chi connectivity index (χ0n) is 7.07. The lowest BCUT2D eigenvalue weighted by Gasteiger charge is -2.01. The fourth-order valence-corrected chi connectivity index (χ4v) is 0.532. The average molecular weight is 172 g/mol. The number of carboxylic acid groups (broad SMARTS) is 1. The molecule has 0 aromatic rings. The highest BCUT2D eigenvalue weighted by molar-refractivity contribution is 6.01. The molecule has 0 rings (SSSR count). The molecule has 2 N–H and O–H groups in total. The highest BCUT2D eigenvalue weighted by Gasteiger charge is 2.07. The molecular formula is C8H12O4. The number of hydrogen-bond acceptors (Lipinski definition) is 3. The first kappa shape index (κ1) is 10.7. The van der Waals surface area contributed by atoms with Crippen LogP contribution in [-0.2, 0) is 9.59 Å². The zero-order chi connectivity index (χ0) is 9.72. The van der Waals surface area contributed by atoms with Crippen LogP contribution < -0.4 is 0 Å². The molecule has 0 atom stereocenters. The van der Waals surface area contributed by atoms with Crippen molar-refractivity contribution < 1.29 is 19.8 Å². The number of carbonyl (C=O) groups excluding carboxylic acids is 1. The summed E-state index contributed by atoms with van der Waals surface area (Å²) in [5.74, 6) is -2.01. The number of carbonyl (C=O) groups is 2. The molecule has 0 radical (unpaired) electrons. The highest BCUT2D eigenvalue weighted by atomic mass is 16.4. The van der Waals surface area contributed by atoms with E-state index in [-0.39, 0.29) is 11.7 Å². The predicted molar refractivity (Wildman–Crippen MR) is 42.8 cm³/mol. The van der Waals surface area contributed by atoms with E-state index >= 15 is 0 Å². The van der Waals surface area contributed by atoms with Gasteiger partial charge in [0, 0.05) is 12.0 Å². The Kier molecular flexibility index (Phi) is 4.04. The maximum atomic E-state index is 10.8. The second kappa shape index (κ2) is 4.54. The molecule has 0 saturated heterocycles. The number of carboxylic acids is 1. The van der Waals surface area contributed by atoms with Gasteiger partial charge in [0.1, 0.15) is 6.42 Å². The van der Waals surface area contributed by atoms with E-state index in [9.17, 15) is 9.59 Å². The first-order chi connectivity index (χ1) is 5.43. The lowest BCUT2D eigenvalue weighted by molar-refractivity contribution is -0.139. The van der Waals surface area contributed by atoms with Gasteiger partial charge in [0.2, 0.25) is 0 Å². The smallest absolute Gasteiger partial charge is 0.311 e. The van der Waals surface area contributed by atoms with Crippen molar-refractivity contribution in [3.63, 3.8) is 0 Å². The summed E-state index contributed by atoms with van der Waals surface area (Å²) in [5, 5.41) is 17.3. The van der Waals surface area contributed by atoms with Crippen LogP contribution in [0.25, 0.3) is 0 Å². The Balaban J connectivity index is 4.15. The standard InChI is InChI=1S/C8H12O4/c1-5(2)7(10)3-6(9)4-8(11)12/h3,5,10H,4H2,1-2H3,(H,11,12)/b7-3-. The highest BCUT2D eigenvalue weighted by Crippen LogP contribution is 2.05. The van der Waals surface area contributed by atoms with E-state index in [4.69, 9.17) is 10.2 Å². The van der Waals surface area contributed by atoms with Gasteiger partial charge in [0.05, 0.1) is 5.76 Å². The molecule has 0 fully saturated rings. The van der Waals surface area contributed by atoms with Crippen molar-refractivity contribution in [1.29, 1.82) is 0 Å². The third kappa shape index (κ3) is 4.49. The van der Waals surface area contributed by atoms with Crippen LogP contribution in [-0.4, -0.2) is 22.0 Å². The van der Waals surface area contributed by atoms with Crippen LogP contribution in [0.2, 0.25) is 0 Å². The summed E-state index contributed by atoms with van der Waals surface area (Å²) in [6.07, 6.45) is 0.384. The van der Waals surface area contributed by atoms with Gasteiger partial charge < -0.3 is 10.2 Å². The van der Waals surface area contributed by atoms with Crippen molar-refractivity contribution in [2.45, 2.75) is 20.3 Å². The number of ketones is 1. The Morgan fingerprint density at radius 3 is 2.17 bits per heavy atom. The zero-order valence-corrected chi connectivity index (χ0v) is 7.07. The number of aliphatic hydroxyl groups excluding tert-OH is 1. The second-order valence-corrected chi connectivity index (χ2v) is 2.76. The van der Waals surface area contributed by atoms with Gasteiger partial charge in [-0.15, -0.1) is 0 Å². The predicted octanol–water partition coefficient (Wildman–Crippen LogP) is 1.13. The van der Waals surface area contributed by atoms with Crippen LogP contribution in [0.3, 0.4) is 0 Å². The number of aliphatic carboxylic acids is 1. The number of hydrogen-bond donors (Lipinski definition) is 2. The number of rotatable bonds is 4. The van der Waals surface area contributed by atoms with Gasteiger partial charge in [-0.25, -0.2) is 0 Å². The maximum Gasteiger partial charge on any atom is 0.311 e. The summed E-state index contributed by atoms with van der Waals surface area (Å²) in [6, 6.07) is 0. The van der Waals surface area contributed by atoms with E-state index < -0.39 is 18.2 Å². The van der Waals surface area contributed by atoms with Crippen molar-refractivity contribution in [2.24, 2.45) is 5.92 Å². The molecule has 12 heavy (non-hydrogen) atoms. The minimum atomic E-state index is -1.19. The Labute approximate surface area is 70.5 Å². The lowest BCUT2D eigenvalue weighted by atomic mass is 10.1. The molecule has 0 aliphatic rings. The van der Waals surface area contributed by atoms with Crippen LogP contribution in [0.15, 0.2) is 11.8 Å². The molecular weight excluding hydrogens is 160 g/mol. The fourth-order valence-electron chi connectivity index (χ4n) is 0.532. The van der Waals surface area contributed by atoms with E-state index in [0.717, 1.165) is 6.08 Å². The van der Waals surface area contributed by atoms with Gasteiger partial charge in [-0.3, -0.25) is 9.59 Å². The molecule has 0 aliphatic heterocycles. The third-order valence-corrected chi connectivity index (χ3v) is 1.23. The van der Waals surface area contributed by atoms with Gasteiger partial charge in [-0.1, -0.05) is 13.8 Å². The van der Waals surface area contributed by atoms with Gasteiger partial charge in [-0.2, -0.15) is 0 Å². The summed E-state index contributed by atoms with van der Waals surface area (Å²) in [4.78, 5) is 20.8. The monoisotopic (exact) mass is 172 g/mol. The van der Waals surface area contributed by atoms with Gasteiger partial charge in [0.15, 0.2) is 5.78 Å². The van der Waals surface area contributed by atoms with E-state index in [0.29, 0.717) is 0 Å². The molecule has 0 unspecified atom stereocenters. The molecule has 0 aromatic heterocycles. The van der Waals surface area contributed by atoms with Gasteiger partial charge >= 0.3 is 5.97 Å². The summed E-state index contributed by atoms with van der Waals surface area (Å²) >= 11 is 0. The van der Waals surface area contributed by atoms with Crippen LogP contribution in [0.5, 0.6) is 0 Å². The summed E-state index contributed by atoms with van der Waals surface area (Å²) in [5.41, 5.74) is 0. The van der Waals surface area contributed by atoms with E-state index in [1.165, 1.54) is 0 Å². The number of aliphatic hydroxyl groups is 1. The molecule has 68 valence electrons. The van der Waals surface area contributed by atoms with Crippen molar-refractivity contribution in [3.8, 4) is 0 Å². The number of allylic oxidation sites excluding steroid dienone is 2. The van der Waals surface area contributed by atoms with E-state index in [1.807, 2.05) is 0 Å².